The highest BCUT2D eigenvalue weighted by atomic mass is 14.9. The maximum atomic E-state index is 4.12. The minimum atomic E-state index is 0.911. The van der Waals surface area contributed by atoms with Crippen LogP contribution in [0.1, 0.15) is 13.8 Å². The van der Waals surface area contributed by atoms with Crippen molar-refractivity contribution in [3.8, 4) is 0 Å². The highest BCUT2D eigenvalue weighted by Gasteiger charge is 2.11. The van der Waals surface area contributed by atoms with E-state index in [4.69, 9.17) is 0 Å². The summed E-state index contributed by atoms with van der Waals surface area (Å²) in [4.78, 5) is 4.12. The van der Waals surface area contributed by atoms with Crippen molar-refractivity contribution in [3.05, 3.63) is 11.3 Å². The Hall–Kier alpha value is -0.790. The summed E-state index contributed by atoms with van der Waals surface area (Å²) in [7, 11) is 1.83. The highest BCUT2D eigenvalue weighted by molar-refractivity contribution is 6.03. The van der Waals surface area contributed by atoms with Crippen LogP contribution in [0.25, 0.3) is 0 Å². The Balaban J connectivity index is 2.88. The highest BCUT2D eigenvalue weighted by Crippen LogP contribution is 2.08. The van der Waals surface area contributed by atoms with Crippen molar-refractivity contribution < 1.29 is 0 Å². The van der Waals surface area contributed by atoms with E-state index >= 15 is 0 Å². The molecule has 0 unspecified atom stereocenters. The Bertz CT molecular complexity index is 177. The fourth-order valence-electron chi connectivity index (χ4n) is 0.945. The van der Waals surface area contributed by atoms with Crippen LogP contribution in [-0.4, -0.2) is 19.3 Å². The Morgan fingerprint density at radius 2 is 2.11 bits per heavy atom. The molecule has 0 spiro atoms. The molecule has 0 bridgehead atoms. The minimum Gasteiger partial charge on any atom is -0.383 e. The molecule has 1 rings (SSSR count). The molecule has 0 aromatic heterocycles. The van der Waals surface area contributed by atoms with Crippen LogP contribution in [0.2, 0.25) is 0 Å². The lowest BCUT2D eigenvalue weighted by Crippen LogP contribution is -2.10. The molecule has 1 N–H and O–H groups in total. The van der Waals surface area contributed by atoms with E-state index in [-0.39, 0.29) is 0 Å². The Morgan fingerprint density at radius 3 is 2.33 bits per heavy atom. The number of allylic oxidation sites excluding steroid dienone is 1. The number of aliphatic imine (C=N–C) groups is 1. The van der Waals surface area contributed by atoms with Crippen LogP contribution in [0.3, 0.4) is 0 Å². The van der Waals surface area contributed by atoms with Gasteiger partial charge in [0.25, 0.3) is 0 Å². The Morgan fingerprint density at radius 1 is 1.44 bits per heavy atom. The van der Waals surface area contributed by atoms with E-state index in [1.54, 1.807) is 0 Å². The molecule has 1 aliphatic rings. The molecule has 0 saturated carbocycles. The average molecular weight is 124 g/mol. The van der Waals surface area contributed by atoms with E-state index in [1.165, 1.54) is 17.0 Å². The summed E-state index contributed by atoms with van der Waals surface area (Å²) >= 11 is 0. The van der Waals surface area contributed by atoms with Crippen LogP contribution in [0, 0.1) is 0 Å². The lowest BCUT2D eigenvalue weighted by molar-refractivity contribution is 0.960. The third-order valence-electron chi connectivity index (χ3n) is 1.79. The molecule has 50 valence electrons. The van der Waals surface area contributed by atoms with Crippen molar-refractivity contribution in [1.29, 1.82) is 0 Å². The number of hydrogen-bond acceptors (Lipinski definition) is 2. The molecule has 9 heavy (non-hydrogen) atoms. The first-order chi connectivity index (χ1) is 4.25. The Kier molecular flexibility index (Phi) is 1.56. The first kappa shape index (κ1) is 6.33. The monoisotopic (exact) mass is 124 g/mol. The SMILES string of the molecule is CN=C1CNC(C)=C1C. The lowest BCUT2D eigenvalue weighted by Gasteiger charge is -1.90. The van der Waals surface area contributed by atoms with Gasteiger partial charge in [-0.05, 0) is 19.4 Å². The zero-order valence-corrected chi connectivity index (χ0v) is 6.15. The summed E-state index contributed by atoms with van der Waals surface area (Å²) in [6, 6.07) is 0. The number of rotatable bonds is 0. The maximum Gasteiger partial charge on any atom is 0.0582 e. The van der Waals surface area contributed by atoms with Crippen LogP contribution in [0.5, 0.6) is 0 Å². The van der Waals surface area contributed by atoms with Gasteiger partial charge >= 0.3 is 0 Å². The maximum absolute atomic E-state index is 4.12. The summed E-state index contributed by atoms with van der Waals surface area (Å²) in [6.07, 6.45) is 0. The first-order valence-electron chi connectivity index (χ1n) is 3.13. The molecule has 0 aromatic carbocycles. The molecule has 0 atom stereocenters. The van der Waals surface area contributed by atoms with Gasteiger partial charge in [0.05, 0.1) is 12.3 Å². The first-order valence-corrected chi connectivity index (χ1v) is 3.13. The normalized spacial score (nSPS) is 23.2. The van der Waals surface area contributed by atoms with Gasteiger partial charge in [-0.15, -0.1) is 0 Å². The van der Waals surface area contributed by atoms with Gasteiger partial charge < -0.3 is 5.32 Å². The molecular formula is C7H12N2. The lowest BCUT2D eigenvalue weighted by atomic mass is 10.2. The second-order valence-electron chi connectivity index (χ2n) is 2.27. The van der Waals surface area contributed by atoms with Gasteiger partial charge in [-0.1, -0.05) is 0 Å². The van der Waals surface area contributed by atoms with E-state index in [9.17, 15) is 0 Å². The third kappa shape index (κ3) is 0.969. The van der Waals surface area contributed by atoms with Gasteiger partial charge in [0.2, 0.25) is 0 Å². The van der Waals surface area contributed by atoms with Crippen LogP contribution in [0.4, 0.5) is 0 Å². The van der Waals surface area contributed by atoms with Gasteiger partial charge in [-0.3, -0.25) is 4.99 Å². The quantitative estimate of drug-likeness (QED) is 0.511. The van der Waals surface area contributed by atoms with E-state index in [1.807, 2.05) is 7.05 Å². The van der Waals surface area contributed by atoms with Crippen LogP contribution < -0.4 is 5.32 Å². The van der Waals surface area contributed by atoms with Crippen molar-refractivity contribution in [2.75, 3.05) is 13.6 Å². The summed E-state index contributed by atoms with van der Waals surface area (Å²) in [5.41, 5.74) is 3.75. The summed E-state index contributed by atoms with van der Waals surface area (Å²) in [5.74, 6) is 0. The van der Waals surface area contributed by atoms with E-state index < -0.39 is 0 Å². The zero-order chi connectivity index (χ0) is 6.85. The van der Waals surface area contributed by atoms with Crippen LogP contribution in [0.15, 0.2) is 16.3 Å². The van der Waals surface area contributed by atoms with E-state index in [0.29, 0.717) is 0 Å². The largest absolute Gasteiger partial charge is 0.383 e. The van der Waals surface area contributed by atoms with Gasteiger partial charge in [0.15, 0.2) is 0 Å². The van der Waals surface area contributed by atoms with Crippen molar-refractivity contribution in [3.63, 3.8) is 0 Å². The Labute approximate surface area is 55.7 Å². The fraction of sp³-hybridized carbons (Fsp3) is 0.571. The van der Waals surface area contributed by atoms with E-state index in [0.717, 1.165) is 6.54 Å². The molecule has 1 heterocycles. The van der Waals surface area contributed by atoms with Crippen molar-refractivity contribution in [2.45, 2.75) is 13.8 Å². The van der Waals surface area contributed by atoms with Crippen molar-refractivity contribution in [2.24, 2.45) is 4.99 Å². The molecule has 0 aromatic rings. The topological polar surface area (TPSA) is 24.4 Å². The molecular weight excluding hydrogens is 112 g/mol. The molecule has 0 saturated heterocycles. The summed E-state index contributed by atoms with van der Waals surface area (Å²) in [6.45, 7) is 5.08. The van der Waals surface area contributed by atoms with E-state index in [2.05, 4.69) is 24.2 Å². The molecule has 1 aliphatic heterocycles. The predicted molar refractivity (Wildman–Crippen MR) is 39.7 cm³/mol. The fourth-order valence-corrected chi connectivity index (χ4v) is 0.945. The molecule has 0 radical (unpaired) electrons. The minimum absolute atomic E-state index is 0.911. The second kappa shape index (κ2) is 2.21. The van der Waals surface area contributed by atoms with Crippen molar-refractivity contribution in [1.82, 2.24) is 5.32 Å². The predicted octanol–water partition coefficient (Wildman–Crippen LogP) is 0.954. The van der Waals surface area contributed by atoms with Crippen molar-refractivity contribution >= 4 is 5.71 Å². The average Bonchev–Trinajstić information content (AvgIpc) is 2.15. The zero-order valence-electron chi connectivity index (χ0n) is 6.15. The summed E-state index contributed by atoms with van der Waals surface area (Å²) < 4.78 is 0. The molecule has 2 heteroatoms. The second-order valence-corrected chi connectivity index (χ2v) is 2.27. The van der Waals surface area contributed by atoms with Gasteiger partial charge in [-0.2, -0.15) is 0 Å². The molecule has 0 aliphatic carbocycles. The molecule has 0 amide bonds. The third-order valence-corrected chi connectivity index (χ3v) is 1.79. The molecule has 2 nitrogen and oxygen atoms in total. The summed E-state index contributed by atoms with van der Waals surface area (Å²) in [5, 5.41) is 3.22. The van der Waals surface area contributed by atoms with Crippen LogP contribution >= 0.6 is 0 Å². The number of nitrogens with one attached hydrogen (secondary N) is 1. The smallest absolute Gasteiger partial charge is 0.0582 e. The number of hydrogen-bond donors (Lipinski definition) is 1. The van der Waals surface area contributed by atoms with Gasteiger partial charge in [0, 0.05) is 12.7 Å². The standard InChI is InChI=1S/C7H12N2/c1-5-6(2)9-4-7(5)8-3/h9H,4H2,1-3H3. The number of nitrogens with zero attached hydrogens (tertiary/aromatic N) is 1. The van der Waals surface area contributed by atoms with Crippen LogP contribution in [-0.2, 0) is 0 Å². The molecule has 0 fully saturated rings. The van der Waals surface area contributed by atoms with Gasteiger partial charge in [-0.25, -0.2) is 0 Å². The van der Waals surface area contributed by atoms with Gasteiger partial charge in [0.1, 0.15) is 0 Å².